The van der Waals surface area contributed by atoms with E-state index >= 15 is 0 Å². The lowest BCUT2D eigenvalue weighted by Gasteiger charge is -2.15. The van der Waals surface area contributed by atoms with Crippen molar-refractivity contribution in [3.63, 3.8) is 0 Å². The maximum atomic E-state index is 11.1. The summed E-state index contributed by atoms with van der Waals surface area (Å²) in [6.07, 6.45) is 0. The van der Waals surface area contributed by atoms with Crippen molar-refractivity contribution in [2.45, 2.75) is 13.0 Å². The van der Waals surface area contributed by atoms with Crippen molar-refractivity contribution in [1.82, 2.24) is 5.32 Å². The maximum Gasteiger partial charge on any atom is 0.325 e. The van der Waals surface area contributed by atoms with Crippen LogP contribution in [0.3, 0.4) is 0 Å². The van der Waals surface area contributed by atoms with E-state index in [1.807, 2.05) is 0 Å². The number of nitrogens with one attached hydrogen (secondary N) is 1. The molecule has 0 saturated carbocycles. The lowest BCUT2D eigenvalue weighted by molar-refractivity contribution is -0.140. The number of aromatic hydroxyl groups is 1. The Labute approximate surface area is 109 Å². The van der Waals surface area contributed by atoms with E-state index in [0.29, 0.717) is 12.2 Å². The summed E-state index contributed by atoms with van der Waals surface area (Å²) >= 11 is 0. The van der Waals surface area contributed by atoms with Crippen LogP contribution in [0.15, 0.2) is 18.2 Å². The Morgan fingerprint density at radius 2 is 2.05 bits per heavy atom. The fourth-order valence-corrected chi connectivity index (χ4v) is 1.52. The number of carboxylic acids is 2. The van der Waals surface area contributed by atoms with E-state index in [1.165, 1.54) is 18.2 Å². The van der Waals surface area contributed by atoms with E-state index in [2.05, 4.69) is 5.32 Å². The number of hydrogen-bond acceptors (Lipinski definition) is 5. The molecule has 0 bridgehead atoms. The van der Waals surface area contributed by atoms with Crippen LogP contribution in [0.4, 0.5) is 0 Å². The molecule has 1 aromatic rings. The van der Waals surface area contributed by atoms with E-state index in [0.717, 1.165) is 0 Å². The number of hydrogen-bond donors (Lipinski definition) is 4. The quantitative estimate of drug-likeness (QED) is 0.572. The minimum atomic E-state index is -1.21. The smallest absolute Gasteiger partial charge is 0.325 e. The van der Waals surface area contributed by atoms with Gasteiger partial charge >= 0.3 is 11.9 Å². The van der Waals surface area contributed by atoms with Gasteiger partial charge in [0.25, 0.3) is 0 Å². The molecule has 1 atom stereocenters. The number of phenolic OH excluding ortho intramolecular Hbond substituents is 1. The second kappa shape index (κ2) is 6.60. The third kappa shape index (κ3) is 4.14. The van der Waals surface area contributed by atoms with E-state index in [4.69, 9.17) is 14.9 Å². The molecule has 19 heavy (non-hydrogen) atoms. The van der Waals surface area contributed by atoms with Gasteiger partial charge in [-0.05, 0) is 24.6 Å². The molecule has 1 aromatic carbocycles. The molecule has 7 heteroatoms. The highest BCUT2D eigenvalue weighted by Crippen LogP contribution is 2.29. The van der Waals surface area contributed by atoms with Gasteiger partial charge in [-0.25, -0.2) is 0 Å². The second-order valence-electron chi connectivity index (χ2n) is 3.71. The standard InChI is InChI=1S/C12H15NO6/c1-2-19-9-5-7(3-4-8(9)14)11(12(17)18)13-6-10(15)16/h3-5,11,13-14H,2,6H2,1H3,(H,15,16)(H,17,18). The molecule has 1 rings (SSSR count). The van der Waals surface area contributed by atoms with Crippen molar-refractivity contribution in [2.24, 2.45) is 0 Å². The molecular weight excluding hydrogens is 254 g/mol. The van der Waals surface area contributed by atoms with Crippen molar-refractivity contribution in [3.8, 4) is 11.5 Å². The number of rotatable bonds is 7. The highest BCUT2D eigenvalue weighted by Gasteiger charge is 2.21. The minimum absolute atomic E-state index is 0.104. The predicted octanol–water partition coefficient (Wildman–Crippen LogP) is 0.591. The first kappa shape index (κ1) is 14.8. The summed E-state index contributed by atoms with van der Waals surface area (Å²) in [4.78, 5) is 21.6. The van der Waals surface area contributed by atoms with Crippen LogP contribution >= 0.6 is 0 Å². The summed E-state index contributed by atoms with van der Waals surface area (Å²) in [7, 11) is 0. The normalized spacial score (nSPS) is 11.8. The van der Waals surface area contributed by atoms with Crippen molar-refractivity contribution >= 4 is 11.9 Å². The molecule has 0 aliphatic heterocycles. The summed E-state index contributed by atoms with van der Waals surface area (Å²) in [6.45, 7) is 1.56. The van der Waals surface area contributed by atoms with Gasteiger partial charge in [-0.15, -0.1) is 0 Å². The van der Waals surface area contributed by atoms with E-state index in [9.17, 15) is 14.7 Å². The summed E-state index contributed by atoms with van der Waals surface area (Å²) in [5.74, 6) is -2.32. The van der Waals surface area contributed by atoms with Crippen LogP contribution in [0.1, 0.15) is 18.5 Å². The van der Waals surface area contributed by atoms with Gasteiger partial charge in [-0.2, -0.15) is 0 Å². The highest BCUT2D eigenvalue weighted by atomic mass is 16.5. The molecule has 0 fully saturated rings. The minimum Gasteiger partial charge on any atom is -0.504 e. The Balaban J connectivity index is 2.98. The van der Waals surface area contributed by atoms with Gasteiger partial charge < -0.3 is 20.1 Å². The van der Waals surface area contributed by atoms with Gasteiger partial charge in [0.05, 0.1) is 13.2 Å². The fraction of sp³-hybridized carbons (Fsp3) is 0.333. The molecule has 0 aliphatic carbocycles. The average Bonchev–Trinajstić information content (AvgIpc) is 2.32. The van der Waals surface area contributed by atoms with Crippen molar-refractivity contribution in [3.05, 3.63) is 23.8 Å². The molecule has 0 aliphatic rings. The van der Waals surface area contributed by atoms with Gasteiger partial charge in [-0.1, -0.05) is 6.07 Å². The first-order valence-corrected chi connectivity index (χ1v) is 5.59. The largest absolute Gasteiger partial charge is 0.504 e. The van der Waals surface area contributed by atoms with Crippen LogP contribution < -0.4 is 10.1 Å². The first-order chi connectivity index (χ1) is 8.95. The highest BCUT2D eigenvalue weighted by molar-refractivity contribution is 5.77. The van der Waals surface area contributed by atoms with E-state index in [1.54, 1.807) is 6.92 Å². The summed E-state index contributed by atoms with van der Waals surface area (Å²) in [5.41, 5.74) is 0.301. The molecule has 0 saturated heterocycles. The zero-order valence-electron chi connectivity index (χ0n) is 10.3. The zero-order valence-corrected chi connectivity index (χ0v) is 10.3. The maximum absolute atomic E-state index is 11.1. The number of carboxylic acid groups (broad SMARTS) is 2. The van der Waals surface area contributed by atoms with Crippen molar-refractivity contribution < 1.29 is 29.6 Å². The number of carbonyl (C=O) groups is 2. The molecule has 7 nitrogen and oxygen atoms in total. The van der Waals surface area contributed by atoms with Crippen molar-refractivity contribution in [1.29, 1.82) is 0 Å². The van der Waals surface area contributed by atoms with Crippen LogP contribution in [0.25, 0.3) is 0 Å². The number of aliphatic carboxylic acids is 2. The predicted molar refractivity (Wildman–Crippen MR) is 65.3 cm³/mol. The molecule has 0 radical (unpaired) electrons. The molecule has 104 valence electrons. The third-order valence-corrected chi connectivity index (χ3v) is 2.32. The van der Waals surface area contributed by atoms with Crippen LogP contribution in [-0.2, 0) is 9.59 Å². The number of phenols is 1. The lowest BCUT2D eigenvalue weighted by Crippen LogP contribution is -2.32. The Hall–Kier alpha value is -2.28. The van der Waals surface area contributed by atoms with Crippen molar-refractivity contribution in [2.75, 3.05) is 13.2 Å². The fourth-order valence-electron chi connectivity index (χ4n) is 1.52. The Morgan fingerprint density at radius 3 is 2.58 bits per heavy atom. The monoisotopic (exact) mass is 269 g/mol. The summed E-state index contributed by atoms with van der Waals surface area (Å²) < 4.78 is 5.15. The van der Waals surface area contributed by atoms with Gasteiger partial charge in [0.1, 0.15) is 6.04 Å². The first-order valence-electron chi connectivity index (χ1n) is 5.59. The molecule has 4 N–H and O–H groups in total. The lowest BCUT2D eigenvalue weighted by atomic mass is 10.1. The van der Waals surface area contributed by atoms with Crippen LogP contribution in [0.2, 0.25) is 0 Å². The van der Waals surface area contributed by atoms with Crippen LogP contribution in [0.5, 0.6) is 11.5 Å². The second-order valence-corrected chi connectivity index (χ2v) is 3.71. The number of benzene rings is 1. The molecular formula is C12H15NO6. The zero-order chi connectivity index (χ0) is 14.4. The SMILES string of the molecule is CCOc1cc(C(NCC(=O)O)C(=O)O)ccc1O. The molecule has 0 aromatic heterocycles. The average molecular weight is 269 g/mol. The molecule has 0 heterocycles. The Morgan fingerprint density at radius 1 is 1.37 bits per heavy atom. The Kier molecular flexibility index (Phi) is 5.13. The Bertz CT molecular complexity index is 473. The van der Waals surface area contributed by atoms with Gasteiger partial charge in [0, 0.05) is 0 Å². The van der Waals surface area contributed by atoms with E-state index < -0.39 is 24.5 Å². The number of ether oxygens (including phenoxy) is 1. The van der Waals surface area contributed by atoms with Crippen LogP contribution in [0, 0.1) is 0 Å². The summed E-state index contributed by atoms with van der Waals surface area (Å²) in [6, 6.07) is 2.88. The van der Waals surface area contributed by atoms with E-state index in [-0.39, 0.29) is 11.5 Å². The summed E-state index contributed by atoms with van der Waals surface area (Å²) in [5, 5.41) is 29.5. The molecule has 0 spiro atoms. The van der Waals surface area contributed by atoms with Gasteiger partial charge in [0.2, 0.25) is 0 Å². The van der Waals surface area contributed by atoms with Gasteiger partial charge in [0.15, 0.2) is 11.5 Å². The molecule has 0 amide bonds. The third-order valence-electron chi connectivity index (χ3n) is 2.32. The topological polar surface area (TPSA) is 116 Å². The molecule has 1 unspecified atom stereocenters. The van der Waals surface area contributed by atoms with Gasteiger partial charge in [-0.3, -0.25) is 14.9 Å². The van der Waals surface area contributed by atoms with Crippen LogP contribution in [-0.4, -0.2) is 40.4 Å².